The smallest absolute Gasteiger partial charge is 0.0794 e. The average molecular weight is 179 g/mol. The summed E-state index contributed by atoms with van der Waals surface area (Å²) in [4.78, 5) is 0. The minimum absolute atomic E-state index is 0.0729. The SMILES string of the molecule is CC(C)C(N)c1cc(C2CC2)[nH]n1. The Bertz CT molecular complexity index is 286. The molecule has 1 aliphatic rings. The van der Waals surface area contributed by atoms with Crippen LogP contribution in [0.15, 0.2) is 6.07 Å². The van der Waals surface area contributed by atoms with Crippen molar-refractivity contribution in [3.63, 3.8) is 0 Å². The van der Waals surface area contributed by atoms with Crippen molar-refractivity contribution in [3.05, 3.63) is 17.5 Å². The molecule has 0 saturated heterocycles. The van der Waals surface area contributed by atoms with Crippen molar-refractivity contribution in [1.82, 2.24) is 10.2 Å². The van der Waals surface area contributed by atoms with Gasteiger partial charge in [0.25, 0.3) is 0 Å². The topological polar surface area (TPSA) is 54.7 Å². The van der Waals surface area contributed by atoms with E-state index in [2.05, 4.69) is 30.1 Å². The van der Waals surface area contributed by atoms with Crippen LogP contribution >= 0.6 is 0 Å². The molecule has 3 heteroatoms. The maximum Gasteiger partial charge on any atom is 0.0794 e. The molecule has 1 heterocycles. The largest absolute Gasteiger partial charge is 0.322 e. The van der Waals surface area contributed by atoms with E-state index < -0.39 is 0 Å². The lowest BCUT2D eigenvalue weighted by atomic mass is 10.0. The Morgan fingerprint density at radius 3 is 2.77 bits per heavy atom. The minimum Gasteiger partial charge on any atom is -0.322 e. The van der Waals surface area contributed by atoms with Crippen molar-refractivity contribution in [2.24, 2.45) is 11.7 Å². The van der Waals surface area contributed by atoms with E-state index in [9.17, 15) is 0 Å². The number of H-pyrrole nitrogens is 1. The molecule has 0 spiro atoms. The van der Waals surface area contributed by atoms with Crippen molar-refractivity contribution < 1.29 is 0 Å². The summed E-state index contributed by atoms with van der Waals surface area (Å²) in [6, 6.07) is 2.20. The van der Waals surface area contributed by atoms with Gasteiger partial charge in [0.1, 0.15) is 0 Å². The average Bonchev–Trinajstić information content (AvgIpc) is 2.83. The lowest BCUT2D eigenvalue weighted by Gasteiger charge is -2.11. The van der Waals surface area contributed by atoms with E-state index >= 15 is 0 Å². The number of hydrogen-bond acceptors (Lipinski definition) is 2. The van der Waals surface area contributed by atoms with Crippen molar-refractivity contribution in [2.45, 2.75) is 38.6 Å². The van der Waals surface area contributed by atoms with Crippen LogP contribution < -0.4 is 5.73 Å². The summed E-state index contributed by atoms with van der Waals surface area (Å²) in [5.74, 6) is 1.19. The van der Waals surface area contributed by atoms with Gasteiger partial charge < -0.3 is 5.73 Å². The zero-order chi connectivity index (χ0) is 9.42. The molecule has 3 N–H and O–H groups in total. The fourth-order valence-electron chi connectivity index (χ4n) is 1.47. The molecule has 0 aliphatic heterocycles. The highest BCUT2D eigenvalue weighted by Gasteiger charge is 2.26. The predicted molar refractivity (Wildman–Crippen MR) is 52.3 cm³/mol. The standard InChI is InChI=1S/C10H17N3/c1-6(2)10(11)9-5-8(12-13-9)7-3-4-7/h5-7,10H,3-4,11H2,1-2H3,(H,12,13). The lowest BCUT2D eigenvalue weighted by Crippen LogP contribution is -2.16. The lowest BCUT2D eigenvalue weighted by molar-refractivity contribution is 0.502. The molecule has 1 aromatic heterocycles. The fourth-order valence-corrected chi connectivity index (χ4v) is 1.47. The van der Waals surface area contributed by atoms with Crippen molar-refractivity contribution in [2.75, 3.05) is 0 Å². The van der Waals surface area contributed by atoms with E-state index in [1.807, 2.05) is 0 Å². The molecular formula is C10H17N3. The van der Waals surface area contributed by atoms with Gasteiger partial charge in [0, 0.05) is 11.6 Å². The molecule has 1 saturated carbocycles. The van der Waals surface area contributed by atoms with Crippen molar-refractivity contribution in [1.29, 1.82) is 0 Å². The van der Waals surface area contributed by atoms with E-state index in [1.165, 1.54) is 18.5 Å². The van der Waals surface area contributed by atoms with Gasteiger partial charge in [0.05, 0.1) is 11.7 Å². The number of nitrogens with zero attached hydrogens (tertiary/aromatic N) is 1. The zero-order valence-electron chi connectivity index (χ0n) is 8.25. The monoisotopic (exact) mass is 179 g/mol. The number of nitrogens with two attached hydrogens (primary N) is 1. The number of aromatic amines is 1. The molecule has 1 unspecified atom stereocenters. The Kier molecular flexibility index (Phi) is 2.12. The van der Waals surface area contributed by atoms with Gasteiger partial charge in [-0.1, -0.05) is 13.8 Å². The van der Waals surface area contributed by atoms with Crippen LogP contribution in [0.4, 0.5) is 0 Å². The molecule has 0 radical (unpaired) electrons. The van der Waals surface area contributed by atoms with Gasteiger partial charge in [0.2, 0.25) is 0 Å². The van der Waals surface area contributed by atoms with Crippen molar-refractivity contribution >= 4 is 0 Å². The first kappa shape index (κ1) is 8.75. The summed E-state index contributed by atoms with van der Waals surface area (Å²) in [6.07, 6.45) is 2.61. The fraction of sp³-hybridized carbons (Fsp3) is 0.700. The van der Waals surface area contributed by atoms with Crippen LogP contribution in [-0.4, -0.2) is 10.2 Å². The Hall–Kier alpha value is -0.830. The number of rotatable bonds is 3. The Labute approximate surface area is 78.7 Å². The van der Waals surface area contributed by atoms with Gasteiger partial charge in [-0.15, -0.1) is 0 Å². The summed E-state index contributed by atoms with van der Waals surface area (Å²) in [5.41, 5.74) is 8.27. The molecule has 1 aromatic rings. The van der Waals surface area contributed by atoms with Crippen LogP contribution in [0.2, 0.25) is 0 Å². The molecule has 1 atom stereocenters. The van der Waals surface area contributed by atoms with Gasteiger partial charge in [-0.05, 0) is 24.8 Å². The first-order valence-corrected chi connectivity index (χ1v) is 4.99. The number of nitrogens with one attached hydrogen (secondary N) is 1. The second-order valence-electron chi connectivity index (χ2n) is 4.29. The third-order valence-electron chi connectivity index (χ3n) is 2.69. The second-order valence-corrected chi connectivity index (χ2v) is 4.29. The summed E-state index contributed by atoms with van der Waals surface area (Å²) in [6.45, 7) is 4.24. The number of aromatic nitrogens is 2. The molecule has 1 fully saturated rings. The highest BCUT2D eigenvalue weighted by atomic mass is 15.1. The minimum atomic E-state index is 0.0729. The maximum atomic E-state index is 5.99. The Morgan fingerprint density at radius 1 is 1.54 bits per heavy atom. The zero-order valence-corrected chi connectivity index (χ0v) is 8.25. The highest BCUT2D eigenvalue weighted by Crippen LogP contribution is 2.39. The predicted octanol–water partition coefficient (Wildman–Crippen LogP) is 1.94. The Morgan fingerprint density at radius 2 is 2.23 bits per heavy atom. The van der Waals surface area contributed by atoms with Gasteiger partial charge in [-0.2, -0.15) is 5.10 Å². The van der Waals surface area contributed by atoms with E-state index in [4.69, 9.17) is 5.73 Å². The molecule has 2 rings (SSSR count). The normalized spacial score (nSPS) is 19.4. The van der Waals surface area contributed by atoms with Gasteiger partial charge in [0.15, 0.2) is 0 Å². The van der Waals surface area contributed by atoms with E-state index in [0.717, 1.165) is 11.6 Å². The molecule has 72 valence electrons. The second kappa shape index (κ2) is 3.14. The molecule has 0 amide bonds. The Balaban J connectivity index is 2.11. The van der Waals surface area contributed by atoms with Crippen LogP contribution in [-0.2, 0) is 0 Å². The summed E-state index contributed by atoms with van der Waals surface area (Å²) < 4.78 is 0. The van der Waals surface area contributed by atoms with Gasteiger partial charge in [-0.3, -0.25) is 5.10 Å². The molecule has 3 nitrogen and oxygen atoms in total. The first-order valence-electron chi connectivity index (χ1n) is 4.99. The third-order valence-corrected chi connectivity index (χ3v) is 2.69. The van der Waals surface area contributed by atoms with Crippen LogP contribution in [0.1, 0.15) is 50.0 Å². The van der Waals surface area contributed by atoms with E-state index in [1.54, 1.807) is 0 Å². The molecular weight excluding hydrogens is 162 g/mol. The van der Waals surface area contributed by atoms with E-state index in [-0.39, 0.29) is 6.04 Å². The maximum absolute atomic E-state index is 5.99. The quantitative estimate of drug-likeness (QED) is 0.745. The van der Waals surface area contributed by atoms with Gasteiger partial charge >= 0.3 is 0 Å². The molecule has 0 bridgehead atoms. The van der Waals surface area contributed by atoms with Crippen LogP contribution in [0.25, 0.3) is 0 Å². The van der Waals surface area contributed by atoms with E-state index in [0.29, 0.717) is 5.92 Å². The number of hydrogen-bond donors (Lipinski definition) is 2. The summed E-state index contributed by atoms with van der Waals surface area (Å²) in [5, 5.41) is 7.32. The summed E-state index contributed by atoms with van der Waals surface area (Å²) in [7, 11) is 0. The first-order chi connectivity index (χ1) is 6.18. The molecule has 13 heavy (non-hydrogen) atoms. The molecule has 0 aromatic carbocycles. The molecule has 1 aliphatic carbocycles. The van der Waals surface area contributed by atoms with Crippen LogP contribution in [0.5, 0.6) is 0 Å². The third kappa shape index (κ3) is 1.75. The summed E-state index contributed by atoms with van der Waals surface area (Å²) >= 11 is 0. The van der Waals surface area contributed by atoms with Crippen LogP contribution in [0.3, 0.4) is 0 Å². The van der Waals surface area contributed by atoms with Gasteiger partial charge in [-0.25, -0.2) is 0 Å². The van der Waals surface area contributed by atoms with Crippen LogP contribution in [0, 0.1) is 5.92 Å². The van der Waals surface area contributed by atoms with Crippen molar-refractivity contribution in [3.8, 4) is 0 Å². The highest BCUT2D eigenvalue weighted by molar-refractivity contribution is 5.19.